The van der Waals surface area contributed by atoms with Gasteiger partial charge in [0.1, 0.15) is 0 Å². The summed E-state index contributed by atoms with van der Waals surface area (Å²) in [6.45, 7) is 5.31. The van der Waals surface area contributed by atoms with E-state index in [-0.39, 0.29) is 24.1 Å². The fraction of sp³-hybridized carbons (Fsp3) is 0.421. The monoisotopic (exact) mass is 356 g/mol. The van der Waals surface area contributed by atoms with Crippen LogP contribution >= 0.6 is 0 Å². The average Bonchev–Trinajstić information content (AvgIpc) is 2.56. The molecular weight excluding hydrogens is 332 g/mol. The van der Waals surface area contributed by atoms with Crippen LogP contribution in [0.25, 0.3) is 0 Å². The molecule has 26 heavy (non-hydrogen) atoms. The molecule has 0 fully saturated rings. The molecule has 1 aromatic heterocycles. The smallest absolute Gasteiger partial charge is 0.325 e. The Hall–Kier alpha value is -2.67. The Labute approximate surface area is 151 Å². The number of benzene rings is 1. The first-order valence-corrected chi connectivity index (χ1v) is 8.83. The molecular formula is C19H24N4O3. The van der Waals surface area contributed by atoms with E-state index in [1.807, 2.05) is 24.0 Å². The number of carbonyl (C=O) groups excluding carboxylic acids is 1. The largest absolute Gasteiger partial charge is 0.352 e. The Bertz CT molecular complexity index is 915. The molecule has 1 aliphatic heterocycles. The van der Waals surface area contributed by atoms with E-state index in [0.29, 0.717) is 30.8 Å². The van der Waals surface area contributed by atoms with Gasteiger partial charge < -0.3 is 10.3 Å². The van der Waals surface area contributed by atoms with E-state index < -0.39 is 5.69 Å². The number of rotatable bonds is 5. The van der Waals surface area contributed by atoms with Gasteiger partial charge in [-0.05, 0) is 37.8 Å². The lowest BCUT2D eigenvalue weighted by Gasteiger charge is -2.27. The van der Waals surface area contributed by atoms with Gasteiger partial charge in [0.15, 0.2) is 0 Å². The van der Waals surface area contributed by atoms with E-state index in [0.717, 1.165) is 6.42 Å². The third kappa shape index (κ3) is 4.29. The molecule has 3 N–H and O–H groups in total. The Morgan fingerprint density at radius 3 is 2.81 bits per heavy atom. The zero-order chi connectivity index (χ0) is 18.7. The molecule has 1 aliphatic rings. The SMILES string of the molecule is Cc1ccccc1CC(C)NC(=O)CN1CCc2c([nH]c(=O)[nH]c2=O)C1. The third-order valence-corrected chi connectivity index (χ3v) is 4.75. The van der Waals surface area contributed by atoms with Crippen LogP contribution in [0.2, 0.25) is 0 Å². The van der Waals surface area contributed by atoms with E-state index in [2.05, 4.69) is 34.3 Å². The normalized spacial score (nSPS) is 15.3. The number of aromatic amines is 2. The van der Waals surface area contributed by atoms with Gasteiger partial charge in [-0.15, -0.1) is 0 Å². The number of fused-ring (bicyclic) bond motifs is 1. The highest BCUT2D eigenvalue weighted by atomic mass is 16.2. The van der Waals surface area contributed by atoms with Crippen molar-refractivity contribution in [3.63, 3.8) is 0 Å². The Balaban J connectivity index is 1.56. The molecule has 0 radical (unpaired) electrons. The summed E-state index contributed by atoms with van der Waals surface area (Å²) in [4.78, 5) is 42.4. The number of nitrogens with zero attached hydrogens (tertiary/aromatic N) is 1. The molecule has 0 bridgehead atoms. The van der Waals surface area contributed by atoms with Crippen molar-refractivity contribution in [3.05, 3.63) is 67.5 Å². The van der Waals surface area contributed by atoms with Crippen molar-refractivity contribution in [2.45, 2.75) is 39.3 Å². The van der Waals surface area contributed by atoms with Crippen LogP contribution in [0.4, 0.5) is 0 Å². The highest BCUT2D eigenvalue weighted by molar-refractivity contribution is 5.78. The van der Waals surface area contributed by atoms with Gasteiger partial charge in [0.25, 0.3) is 5.56 Å². The fourth-order valence-electron chi connectivity index (χ4n) is 3.41. The molecule has 138 valence electrons. The number of aromatic nitrogens is 2. The maximum atomic E-state index is 12.4. The van der Waals surface area contributed by atoms with Crippen LogP contribution in [0, 0.1) is 6.92 Å². The zero-order valence-electron chi connectivity index (χ0n) is 15.1. The summed E-state index contributed by atoms with van der Waals surface area (Å²) in [6.07, 6.45) is 1.30. The van der Waals surface area contributed by atoms with Gasteiger partial charge in [-0.3, -0.25) is 19.5 Å². The summed E-state index contributed by atoms with van der Waals surface area (Å²) in [6, 6.07) is 8.18. The van der Waals surface area contributed by atoms with Gasteiger partial charge in [0.05, 0.1) is 6.54 Å². The number of aryl methyl sites for hydroxylation is 1. The Kier molecular flexibility index (Phi) is 5.37. The van der Waals surface area contributed by atoms with Crippen LogP contribution in [0.1, 0.15) is 29.3 Å². The Morgan fingerprint density at radius 2 is 2.04 bits per heavy atom. The van der Waals surface area contributed by atoms with Gasteiger partial charge in [-0.25, -0.2) is 4.79 Å². The minimum Gasteiger partial charge on any atom is -0.352 e. The van der Waals surface area contributed by atoms with Crippen molar-refractivity contribution in [1.82, 2.24) is 20.2 Å². The second-order valence-corrected chi connectivity index (χ2v) is 6.93. The van der Waals surface area contributed by atoms with Crippen molar-refractivity contribution < 1.29 is 4.79 Å². The molecule has 2 aromatic rings. The molecule has 1 amide bonds. The minimum atomic E-state index is -0.507. The van der Waals surface area contributed by atoms with Crippen LogP contribution in [-0.2, 0) is 24.2 Å². The third-order valence-electron chi connectivity index (χ3n) is 4.75. The van der Waals surface area contributed by atoms with Crippen LogP contribution in [-0.4, -0.2) is 39.9 Å². The number of hydrogen-bond acceptors (Lipinski definition) is 4. The van der Waals surface area contributed by atoms with Gasteiger partial charge in [0.2, 0.25) is 5.91 Å². The van der Waals surface area contributed by atoms with Crippen molar-refractivity contribution >= 4 is 5.91 Å². The molecule has 7 heteroatoms. The number of carbonyl (C=O) groups is 1. The van der Waals surface area contributed by atoms with E-state index in [1.54, 1.807) is 0 Å². The van der Waals surface area contributed by atoms with Crippen molar-refractivity contribution in [2.75, 3.05) is 13.1 Å². The first-order chi connectivity index (χ1) is 12.4. The summed E-state index contributed by atoms with van der Waals surface area (Å²) in [5.74, 6) is -0.0540. The van der Waals surface area contributed by atoms with Crippen LogP contribution in [0.3, 0.4) is 0 Å². The lowest BCUT2D eigenvalue weighted by atomic mass is 10.0. The van der Waals surface area contributed by atoms with E-state index in [4.69, 9.17) is 0 Å². The standard InChI is InChI=1S/C19H24N4O3/c1-12-5-3-4-6-14(12)9-13(2)20-17(24)11-23-8-7-15-16(10-23)21-19(26)22-18(15)25/h3-6,13H,7-11H2,1-2H3,(H,20,24)(H2,21,22,25,26). The van der Waals surface area contributed by atoms with Crippen molar-refractivity contribution in [1.29, 1.82) is 0 Å². The molecule has 7 nitrogen and oxygen atoms in total. The molecule has 1 aromatic carbocycles. The average molecular weight is 356 g/mol. The number of hydrogen-bond donors (Lipinski definition) is 3. The second-order valence-electron chi connectivity index (χ2n) is 6.93. The molecule has 0 saturated carbocycles. The van der Waals surface area contributed by atoms with Crippen LogP contribution in [0.15, 0.2) is 33.9 Å². The van der Waals surface area contributed by atoms with Crippen LogP contribution < -0.4 is 16.6 Å². The summed E-state index contributed by atoms with van der Waals surface area (Å²) in [5, 5.41) is 3.03. The minimum absolute atomic E-state index is 0.0309. The Morgan fingerprint density at radius 1 is 1.27 bits per heavy atom. The maximum Gasteiger partial charge on any atom is 0.325 e. The number of H-pyrrole nitrogens is 2. The van der Waals surface area contributed by atoms with Gasteiger partial charge in [-0.2, -0.15) is 0 Å². The van der Waals surface area contributed by atoms with Crippen molar-refractivity contribution in [3.8, 4) is 0 Å². The highest BCUT2D eigenvalue weighted by Crippen LogP contribution is 2.12. The number of nitrogens with one attached hydrogen (secondary N) is 3. The van der Waals surface area contributed by atoms with Crippen LogP contribution in [0.5, 0.6) is 0 Å². The quantitative estimate of drug-likeness (QED) is 0.726. The van der Waals surface area contributed by atoms with E-state index in [1.165, 1.54) is 11.1 Å². The van der Waals surface area contributed by atoms with Gasteiger partial charge in [0, 0.05) is 30.4 Å². The summed E-state index contributed by atoms with van der Waals surface area (Å²) in [5.41, 5.74) is 2.81. The molecule has 0 aliphatic carbocycles. The lowest BCUT2D eigenvalue weighted by molar-refractivity contribution is -0.123. The van der Waals surface area contributed by atoms with Gasteiger partial charge in [-0.1, -0.05) is 24.3 Å². The topological polar surface area (TPSA) is 98.1 Å². The molecule has 1 unspecified atom stereocenters. The summed E-state index contributed by atoms with van der Waals surface area (Å²) in [7, 11) is 0. The maximum absolute atomic E-state index is 12.4. The summed E-state index contributed by atoms with van der Waals surface area (Å²) < 4.78 is 0. The molecule has 2 heterocycles. The zero-order valence-corrected chi connectivity index (χ0v) is 15.1. The lowest BCUT2D eigenvalue weighted by Crippen LogP contribution is -2.45. The van der Waals surface area contributed by atoms with E-state index in [9.17, 15) is 14.4 Å². The first-order valence-electron chi connectivity index (χ1n) is 8.83. The molecule has 1 atom stereocenters. The van der Waals surface area contributed by atoms with Crippen molar-refractivity contribution in [2.24, 2.45) is 0 Å². The summed E-state index contributed by atoms with van der Waals surface area (Å²) >= 11 is 0. The first kappa shape index (κ1) is 18.1. The fourth-order valence-corrected chi connectivity index (χ4v) is 3.41. The predicted molar refractivity (Wildman–Crippen MR) is 99.2 cm³/mol. The second kappa shape index (κ2) is 7.70. The number of amides is 1. The predicted octanol–water partition coefficient (Wildman–Crippen LogP) is 0.477. The molecule has 0 saturated heterocycles. The molecule has 0 spiro atoms. The molecule has 3 rings (SSSR count). The highest BCUT2D eigenvalue weighted by Gasteiger charge is 2.22. The van der Waals surface area contributed by atoms with Gasteiger partial charge >= 0.3 is 5.69 Å². The van der Waals surface area contributed by atoms with E-state index >= 15 is 0 Å².